The summed E-state index contributed by atoms with van der Waals surface area (Å²) < 4.78 is 14.2. The normalized spacial score (nSPS) is 28.4. The molecule has 0 aromatic heterocycles. The van der Waals surface area contributed by atoms with Crippen LogP contribution in [-0.4, -0.2) is 5.11 Å². The summed E-state index contributed by atoms with van der Waals surface area (Å²) in [6.45, 7) is 5.97. The number of hydrogen-bond donors (Lipinski definition) is 1. The van der Waals surface area contributed by atoms with Crippen LogP contribution in [0.4, 0.5) is 4.39 Å². The topological polar surface area (TPSA) is 20.2 Å². The summed E-state index contributed by atoms with van der Waals surface area (Å²) in [4.78, 5) is 0. The first-order chi connectivity index (χ1) is 8.46. The lowest BCUT2D eigenvalue weighted by Gasteiger charge is -2.37. The Bertz CT molecular complexity index is 408. The minimum absolute atomic E-state index is 0.245. The molecule has 0 amide bonds. The molecule has 0 aliphatic heterocycles. The summed E-state index contributed by atoms with van der Waals surface area (Å²) in [6.07, 6.45) is 4.53. The Morgan fingerprint density at radius 1 is 1.28 bits per heavy atom. The smallest absolute Gasteiger partial charge is 0.129 e. The van der Waals surface area contributed by atoms with Crippen LogP contribution in [0.25, 0.3) is 0 Å². The van der Waals surface area contributed by atoms with Crippen molar-refractivity contribution in [3.8, 4) is 0 Å². The van der Waals surface area contributed by atoms with Gasteiger partial charge in [-0.1, -0.05) is 19.4 Å². The van der Waals surface area contributed by atoms with Crippen molar-refractivity contribution in [3.63, 3.8) is 0 Å². The van der Waals surface area contributed by atoms with E-state index >= 15 is 0 Å². The predicted molar refractivity (Wildman–Crippen MR) is 72.0 cm³/mol. The average molecular weight is 250 g/mol. The van der Waals surface area contributed by atoms with Gasteiger partial charge >= 0.3 is 0 Å². The van der Waals surface area contributed by atoms with E-state index in [0.29, 0.717) is 24.3 Å². The van der Waals surface area contributed by atoms with Gasteiger partial charge < -0.3 is 5.11 Å². The van der Waals surface area contributed by atoms with Crippen molar-refractivity contribution in [2.45, 2.75) is 58.5 Å². The Balaban J connectivity index is 2.31. The molecule has 1 aliphatic rings. The second-order valence-electron chi connectivity index (χ2n) is 5.82. The molecule has 0 radical (unpaired) electrons. The third kappa shape index (κ3) is 2.44. The molecule has 100 valence electrons. The van der Waals surface area contributed by atoms with E-state index in [-0.39, 0.29) is 5.82 Å². The number of hydrogen-bond acceptors (Lipinski definition) is 1. The van der Waals surface area contributed by atoms with Crippen LogP contribution in [0.5, 0.6) is 0 Å². The first-order valence-corrected chi connectivity index (χ1v) is 6.96. The van der Waals surface area contributed by atoms with Gasteiger partial charge in [-0.25, -0.2) is 4.39 Å². The molecular formula is C16H23FO. The van der Waals surface area contributed by atoms with Gasteiger partial charge in [0, 0.05) is 5.56 Å². The van der Waals surface area contributed by atoms with Gasteiger partial charge in [0.25, 0.3) is 0 Å². The van der Waals surface area contributed by atoms with Crippen molar-refractivity contribution >= 4 is 0 Å². The highest BCUT2D eigenvalue weighted by Gasteiger charge is 2.37. The molecule has 1 aromatic rings. The SMILES string of the molecule is CCC1CCC(O)(c2c(C)cc(C)cc2F)CC1. The zero-order valence-electron chi connectivity index (χ0n) is 11.6. The van der Waals surface area contributed by atoms with Crippen molar-refractivity contribution in [2.75, 3.05) is 0 Å². The molecule has 0 atom stereocenters. The van der Waals surface area contributed by atoms with E-state index in [0.717, 1.165) is 30.4 Å². The molecule has 0 heterocycles. The summed E-state index contributed by atoms with van der Waals surface area (Å²) in [7, 11) is 0. The van der Waals surface area contributed by atoms with Gasteiger partial charge in [0.05, 0.1) is 5.60 Å². The Labute approximate surface area is 109 Å². The van der Waals surface area contributed by atoms with Gasteiger partial charge in [0.1, 0.15) is 5.82 Å². The van der Waals surface area contributed by atoms with Gasteiger partial charge in [-0.05, 0) is 62.6 Å². The molecule has 1 fully saturated rings. The van der Waals surface area contributed by atoms with Gasteiger partial charge in [0.2, 0.25) is 0 Å². The molecule has 0 unspecified atom stereocenters. The lowest BCUT2D eigenvalue weighted by atomic mass is 9.73. The van der Waals surface area contributed by atoms with E-state index in [1.54, 1.807) is 0 Å². The van der Waals surface area contributed by atoms with Crippen LogP contribution in [-0.2, 0) is 5.60 Å². The molecule has 1 aliphatic carbocycles. The molecule has 0 bridgehead atoms. The third-order valence-electron chi connectivity index (χ3n) is 4.41. The van der Waals surface area contributed by atoms with Crippen molar-refractivity contribution in [1.29, 1.82) is 0 Å². The summed E-state index contributed by atoms with van der Waals surface area (Å²) in [5.41, 5.74) is 1.38. The van der Waals surface area contributed by atoms with Crippen molar-refractivity contribution in [2.24, 2.45) is 5.92 Å². The number of aliphatic hydroxyl groups is 1. The first kappa shape index (κ1) is 13.5. The maximum absolute atomic E-state index is 14.2. The van der Waals surface area contributed by atoms with Crippen LogP contribution in [0.1, 0.15) is 55.7 Å². The molecule has 18 heavy (non-hydrogen) atoms. The summed E-state index contributed by atoms with van der Waals surface area (Å²) in [6, 6.07) is 3.49. The van der Waals surface area contributed by atoms with E-state index in [9.17, 15) is 9.50 Å². The fraction of sp³-hybridized carbons (Fsp3) is 0.625. The van der Waals surface area contributed by atoms with Crippen molar-refractivity contribution in [3.05, 3.63) is 34.6 Å². The molecule has 1 N–H and O–H groups in total. The maximum atomic E-state index is 14.2. The zero-order valence-corrected chi connectivity index (χ0v) is 11.6. The number of aryl methyl sites for hydroxylation is 2. The first-order valence-electron chi connectivity index (χ1n) is 6.96. The van der Waals surface area contributed by atoms with Gasteiger partial charge in [0.15, 0.2) is 0 Å². The summed E-state index contributed by atoms with van der Waals surface area (Å²) in [5, 5.41) is 10.8. The molecule has 1 nitrogen and oxygen atoms in total. The van der Waals surface area contributed by atoms with E-state index in [1.807, 2.05) is 19.9 Å². The highest BCUT2D eigenvalue weighted by atomic mass is 19.1. The molecule has 1 aromatic carbocycles. The molecular weight excluding hydrogens is 227 g/mol. The van der Waals surface area contributed by atoms with Crippen LogP contribution >= 0.6 is 0 Å². The molecule has 0 spiro atoms. The van der Waals surface area contributed by atoms with E-state index < -0.39 is 5.60 Å². The molecule has 2 heteroatoms. The number of benzene rings is 1. The van der Waals surface area contributed by atoms with Crippen LogP contribution < -0.4 is 0 Å². The Morgan fingerprint density at radius 3 is 2.39 bits per heavy atom. The van der Waals surface area contributed by atoms with Crippen LogP contribution in [0, 0.1) is 25.6 Å². The maximum Gasteiger partial charge on any atom is 0.129 e. The second-order valence-corrected chi connectivity index (χ2v) is 5.82. The lowest BCUT2D eigenvalue weighted by molar-refractivity contribution is -0.0179. The molecule has 1 saturated carbocycles. The Hall–Kier alpha value is -0.890. The van der Waals surface area contributed by atoms with Gasteiger partial charge in [-0.3, -0.25) is 0 Å². The molecule has 0 saturated heterocycles. The van der Waals surface area contributed by atoms with Crippen molar-refractivity contribution < 1.29 is 9.50 Å². The number of halogens is 1. The van der Waals surface area contributed by atoms with E-state index in [1.165, 1.54) is 6.07 Å². The standard InChI is InChI=1S/C16H23FO/c1-4-13-5-7-16(18,8-6-13)15-12(3)9-11(2)10-14(15)17/h9-10,13,18H,4-8H2,1-3H3. The Kier molecular flexibility index (Phi) is 3.76. The highest BCUT2D eigenvalue weighted by Crippen LogP contribution is 2.42. The fourth-order valence-corrected chi connectivity index (χ4v) is 3.32. The minimum Gasteiger partial charge on any atom is -0.385 e. The minimum atomic E-state index is -0.951. The largest absolute Gasteiger partial charge is 0.385 e. The van der Waals surface area contributed by atoms with E-state index in [4.69, 9.17) is 0 Å². The predicted octanol–water partition coefficient (Wildman–Crippen LogP) is 4.23. The average Bonchev–Trinajstić information content (AvgIpc) is 2.28. The monoisotopic (exact) mass is 250 g/mol. The van der Waals surface area contributed by atoms with Crippen LogP contribution in [0.15, 0.2) is 12.1 Å². The highest BCUT2D eigenvalue weighted by molar-refractivity contribution is 5.36. The summed E-state index contributed by atoms with van der Waals surface area (Å²) in [5.74, 6) is 0.448. The second kappa shape index (κ2) is 5.00. The van der Waals surface area contributed by atoms with Crippen LogP contribution in [0.3, 0.4) is 0 Å². The quantitative estimate of drug-likeness (QED) is 0.832. The summed E-state index contributed by atoms with van der Waals surface area (Å²) >= 11 is 0. The van der Waals surface area contributed by atoms with Crippen LogP contribution in [0.2, 0.25) is 0 Å². The Morgan fingerprint density at radius 2 is 1.89 bits per heavy atom. The van der Waals surface area contributed by atoms with E-state index in [2.05, 4.69) is 6.92 Å². The van der Waals surface area contributed by atoms with Gasteiger partial charge in [-0.2, -0.15) is 0 Å². The molecule has 2 rings (SSSR count). The third-order valence-corrected chi connectivity index (χ3v) is 4.41. The number of rotatable bonds is 2. The zero-order chi connectivity index (χ0) is 13.3. The van der Waals surface area contributed by atoms with Crippen molar-refractivity contribution in [1.82, 2.24) is 0 Å². The fourth-order valence-electron chi connectivity index (χ4n) is 3.32. The lowest BCUT2D eigenvalue weighted by Crippen LogP contribution is -2.33. The van der Waals surface area contributed by atoms with Gasteiger partial charge in [-0.15, -0.1) is 0 Å².